The topological polar surface area (TPSA) is 165 Å². The molecule has 3 atom stereocenters. The molecule has 2 amide bonds. The van der Waals surface area contributed by atoms with Gasteiger partial charge < -0.3 is 31.8 Å². The summed E-state index contributed by atoms with van der Waals surface area (Å²) in [5.41, 5.74) is 11.7. The second-order valence-corrected chi connectivity index (χ2v) is 6.23. The minimum Gasteiger partial charge on any atom is -0.480 e. The molecule has 0 saturated heterocycles. The number of imidazole rings is 1. The molecule has 0 aromatic carbocycles. The smallest absolute Gasteiger partial charge is 0.326 e. The molecule has 0 fully saturated rings. The van der Waals surface area contributed by atoms with Gasteiger partial charge in [-0.1, -0.05) is 0 Å². The van der Waals surface area contributed by atoms with E-state index in [1.165, 1.54) is 6.92 Å². The molecule has 0 aliphatic rings. The molecule has 27 heavy (non-hydrogen) atoms. The van der Waals surface area contributed by atoms with Crippen molar-refractivity contribution in [2.75, 3.05) is 6.54 Å². The molecule has 0 saturated carbocycles. The van der Waals surface area contributed by atoms with Crippen LogP contribution in [0.4, 0.5) is 0 Å². The Hall–Kier alpha value is -1.94. The molecule has 11 heteroatoms. The standard InChI is InChI=1S/C16H28N6O4.Cu/c1-10(18)14(23)21-13(7-11-8-19-9-22(11)2)15(24)20-12(16(25)26)5-3-4-6-17;/h8-10,12-13H,3-7,17-18H2,1-2H3,(H,20,24)(H,21,23)(H,25,26);/t10-,12-,13-;/m0./s1. The molecular formula is C16H28CuN6O4. The fraction of sp³-hybridized carbons (Fsp3) is 0.625. The van der Waals surface area contributed by atoms with Crippen molar-refractivity contribution in [3.8, 4) is 0 Å². The van der Waals surface area contributed by atoms with Crippen LogP contribution >= 0.6 is 0 Å². The van der Waals surface area contributed by atoms with Gasteiger partial charge in [0, 0.05) is 42.4 Å². The summed E-state index contributed by atoms with van der Waals surface area (Å²) < 4.78 is 1.72. The van der Waals surface area contributed by atoms with Crippen molar-refractivity contribution in [3.05, 3.63) is 18.2 Å². The van der Waals surface area contributed by atoms with Crippen LogP contribution in [0.15, 0.2) is 12.5 Å². The van der Waals surface area contributed by atoms with Crippen LogP contribution in [-0.4, -0.2) is 57.1 Å². The van der Waals surface area contributed by atoms with Crippen molar-refractivity contribution in [1.29, 1.82) is 0 Å². The summed E-state index contributed by atoms with van der Waals surface area (Å²) in [5, 5.41) is 14.4. The maximum absolute atomic E-state index is 12.6. The van der Waals surface area contributed by atoms with Gasteiger partial charge in [0.1, 0.15) is 12.1 Å². The van der Waals surface area contributed by atoms with E-state index in [9.17, 15) is 19.5 Å². The number of rotatable bonds is 11. The number of nitrogens with two attached hydrogens (primary N) is 2. The minimum absolute atomic E-state index is 0. The largest absolute Gasteiger partial charge is 0.480 e. The number of hydrogen-bond acceptors (Lipinski definition) is 6. The number of carboxylic acid groups (broad SMARTS) is 1. The SMILES string of the molecule is C[C@H](N)C(=O)N[C@@H](Cc1cncn1C)C(=O)N[C@@H](CCCCN)C(=O)O.[Cu]. The number of amides is 2. The van der Waals surface area contributed by atoms with E-state index in [1.54, 1.807) is 24.1 Å². The first-order valence-corrected chi connectivity index (χ1v) is 8.50. The van der Waals surface area contributed by atoms with Crippen molar-refractivity contribution in [2.45, 2.75) is 50.7 Å². The molecule has 157 valence electrons. The van der Waals surface area contributed by atoms with Crippen LogP contribution in [0.5, 0.6) is 0 Å². The number of carbonyl (C=O) groups excluding carboxylic acids is 2. The number of unbranched alkanes of at least 4 members (excludes halogenated alkanes) is 1. The molecular weight excluding hydrogens is 404 g/mol. The van der Waals surface area contributed by atoms with Gasteiger partial charge in [0.05, 0.1) is 12.4 Å². The van der Waals surface area contributed by atoms with Crippen molar-refractivity contribution >= 4 is 17.8 Å². The van der Waals surface area contributed by atoms with Crippen LogP contribution in [0.1, 0.15) is 31.9 Å². The van der Waals surface area contributed by atoms with Gasteiger partial charge in [-0.05, 0) is 32.7 Å². The van der Waals surface area contributed by atoms with Crippen LogP contribution in [0.3, 0.4) is 0 Å². The molecule has 1 aromatic rings. The van der Waals surface area contributed by atoms with Crippen molar-refractivity contribution < 1.29 is 36.6 Å². The fourth-order valence-electron chi connectivity index (χ4n) is 2.33. The average Bonchev–Trinajstić information content (AvgIpc) is 2.97. The Balaban J connectivity index is 0.00000676. The Kier molecular flexibility index (Phi) is 11.6. The minimum atomic E-state index is -1.13. The number of carboxylic acids is 1. The molecule has 7 N–H and O–H groups in total. The maximum atomic E-state index is 12.6. The third-order valence-corrected chi connectivity index (χ3v) is 3.94. The van der Waals surface area contributed by atoms with Crippen LogP contribution in [0, 0.1) is 0 Å². The van der Waals surface area contributed by atoms with E-state index in [0.717, 1.165) is 0 Å². The number of nitrogens with zero attached hydrogens (tertiary/aromatic N) is 2. The Morgan fingerprint density at radius 3 is 2.33 bits per heavy atom. The fourth-order valence-corrected chi connectivity index (χ4v) is 2.33. The Bertz CT molecular complexity index is 622. The van der Waals surface area contributed by atoms with Crippen LogP contribution in [0.25, 0.3) is 0 Å². The first-order chi connectivity index (χ1) is 12.3. The molecule has 0 unspecified atom stereocenters. The van der Waals surface area contributed by atoms with E-state index in [2.05, 4.69) is 15.6 Å². The second-order valence-electron chi connectivity index (χ2n) is 6.23. The third kappa shape index (κ3) is 8.52. The van der Waals surface area contributed by atoms with Crippen molar-refractivity contribution in [1.82, 2.24) is 20.2 Å². The summed E-state index contributed by atoms with van der Waals surface area (Å²) in [6.07, 6.45) is 4.82. The summed E-state index contributed by atoms with van der Waals surface area (Å²) in [7, 11) is 1.76. The zero-order valence-electron chi connectivity index (χ0n) is 15.4. The van der Waals surface area contributed by atoms with Crippen LogP contribution in [0.2, 0.25) is 0 Å². The normalized spacial score (nSPS) is 13.8. The molecule has 0 bridgehead atoms. The Morgan fingerprint density at radius 1 is 1.22 bits per heavy atom. The monoisotopic (exact) mass is 431 g/mol. The van der Waals surface area contributed by atoms with Gasteiger partial charge >= 0.3 is 5.97 Å². The van der Waals surface area contributed by atoms with Gasteiger partial charge in [-0.3, -0.25) is 9.59 Å². The van der Waals surface area contributed by atoms with Crippen LogP contribution < -0.4 is 22.1 Å². The number of aliphatic carboxylic acids is 1. The summed E-state index contributed by atoms with van der Waals surface area (Å²) in [4.78, 5) is 39.9. The Labute approximate surface area is 168 Å². The summed E-state index contributed by atoms with van der Waals surface area (Å²) in [6, 6.07) is -2.80. The molecule has 0 spiro atoms. The van der Waals surface area contributed by atoms with Gasteiger partial charge in [-0.15, -0.1) is 0 Å². The van der Waals surface area contributed by atoms with Gasteiger partial charge in [0.25, 0.3) is 0 Å². The zero-order chi connectivity index (χ0) is 19.7. The predicted molar refractivity (Wildman–Crippen MR) is 95.0 cm³/mol. The number of aryl methyl sites for hydroxylation is 1. The molecule has 1 aromatic heterocycles. The molecule has 1 radical (unpaired) electrons. The van der Waals surface area contributed by atoms with Gasteiger partial charge in [0.15, 0.2) is 0 Å². The van der Waals surface area contributed by atoms with E-state index in [0.29, 0.717) is 25.1 Å². The van der Waals surface area contributed by atoms with Crippen molar-refractivity contribution in [2.24, 2.45) is 18.5 Å². The number of hydrogen-bond donors (Lipinski definition) is 5. The molecule has 1 rings (SSSR count). The van der Waals surface area contributed by atoms with E-state index in [-0.39, 0.29) is 29.9 Å². The molecule has 0 aliphatic heterocycles. The average molecular weight is 432 g/mol. The first kappa shape index (κ1) is 25.1. The first-order valence-electron chi connectivity index (χ1n) is 8.50. The summed E-state index contributed by atoms with van der Waals surface area (Å²) in [5.74, 6) is -2.21. The third-order valence-electron chi connectivity index (χ3n) is 3.94. The number of aromatic nitrogens is 2. The molecule has 1 heterocycles. The van der Waals surface area contributed by atoms with Gasteiger partial charge in [0.2, 0.25) is 11.8 Å². The van der Waals surface area contributed by atoms with E-state index < -0.39 is 35.9 Å². The summed E-state index contributed by atoms with van der Waals surface area (Å²) >= 11 is 0. The number of carbonyl (C=O) groups is 3. The predicted octanol–water partition coefficient (Wildman–Crippen LogP) is -1.51. The molecule has 10 nitrogen and oxygen atoms in total. The number of nitrogens with one attached hydrogen (secondary N) is 2. The zero-order valence-corrected chi connectivity index (χ0v) is 16.4. The van der Waals surface area contributed by atoms with Crippen LogP contribution in [-0.2, 0) is 44.9 Å². The van der Waals surface area contributed by atoms with Crippen molar-refractivity contribution in [3.63, 3.8) is 0 Å². The quantitative estimate of drug-likeness (QED) is 0.210. The molecule has 0 aliphatic carbocycles. The second kappa shape index (κ2) is 12.4. The maximum Gasteiger partial charge on any atom is 0.326 e. The van der Waals surface area contributed by atoms with Gasteiger partial charge in [-0.25, -0.2) is 9.78 Å². The van der Waals surface area contributed by atoms with Gasteiger partial charge in [-0.2, -0.15) is 0 Å². The van der Waals surface area contributed by atoms with E-state index in [4.69, 9.17) is 11.5 Å². The van der Waals surface area contributed by atoms with E-state index >= 15 is 0 Å². The van der Waals surface area contributed by atoms with E-state index in [1.807, 2.05) is 0 Å². The summed E-state index contributed by atoms with van der Waals surface area (Å²) in [6.45, 7) is 1.95. The Morgan fingerprint density at radius 2 is 1.85 bits per heavy atom.